The summed E-state index contributed by atoms with van der Waals surface area (Å²) in [5, 5.41) is 0.416. The van der Waals surface area contributed by atoms with E-state index in [9.17, 15) is 9.59 Å². The Morgan fingerprint density at radius 3 is 2.78 bits per heavy atom. The molecule has 1 aliphatic rings. The van der Waals surface area contributed by atoms with Crippen LogP contribution in [0.1, 0.15) is 28.4 Å². The highest BCUT2D eigenvalue weighted by Crippen LogP contribution is 2.40. The lowest BCUT2D eigenvalue weighted by Crippen LogP contribution is -2.08. The molecule has 1 aromatic rings. The minimum atomic E-state index is -0.674. The van der Waals surface area contributed by atoms with E-state index in [2.05, 4.69) is 4.74 Å². The summed E-state index contributed by atoms with van der Waals surface area (Å²) in [6.07, 6.45) is -0.716. The van der Waals surface area contributed by atoms with Crippen LogP contribution in [-0.4, -0.2) is 26.2 Å². The number of hydrogen-bond donors (Lipinski definition) is 0. The van der Waals surface area contributed by atoms with Crippen molar-refractivity contribution in [3.05, 3.63) is 28.3 Å². The Kier molecular flexibility index (Phi) is 3.43. The second kappa shape index (κ2) is 4.86. The highest BCUT2D eigenvalue weighted by molar-refractivity contribution is 6.31. The third-order valence-corrected chi connectivity index (χ3v) is 2.92. The van der Waals surface area contributed by atoms with E-state index in [1.54, 1.807) is 6.07 Å². The van der Waals surface area contributed by atoms with Crippen molar-refractivity contribution < 1.29 is 23.8 Å². The van der Waals surface area contributed by atoms with E-state index in [0.717, 1.165) is 0 Å². The first-order valence-electron chi connectivity index (χ1n) is 5.22. The van der Waals surface area contributed by atoms with Crippen LogP contribution < -0.4 is 4.74 Å². The quantitative estimate of drug-likeness (QED) is 0.788. The summed E-state index contributed by atoms with van der Waals surface area (Å²) < 4.78 is 14.8. The lowest BCUT2D eigenvalue weighted by Gasteiger charge is -2.09. The molecule has 96 valence electrons. The number of esters is 2. The number of rotatable bonds is 3. The maximum Gasteiger partial charge on any atom is 0.342 e. The van der Waals surface area contributed by atoms with Gasteiger partial charge in [0.15, 0.2) is 0 Å². The minimum absolute atomic E-state index is 0.0429. The molecule has 0 saturated carbocycles. The molecule has 0 aliphatic carbocycles. The fraction of sp³-hybridized carbons (Fsp3) is 0.333. The SMILES string of the molecule is COC(=O)CC1OC(=O)c2c(OC)cc(Cl)cc21. The maximum atomic E-state index is 11.7. The molecule has 0 fully saturated rings. The van der Waals surface area contributed by atoms with Crippen LogP contribution in [0, 0.1) is 0 Å². The fourth-order valence-electron chi connectivity index (χ4n) is 1.87. The molecule has 0 saturated heterocycles. The van der Waals surface area contributed by atoms with Gasteiger partial charge in [0.1, 0.15) is 17.4 Å². The average molecular weight is 271 g/mol. The number of ether oxygens (including phenoxy) is 3. The van der Waals surface area contributed by atoms with Crippen LogP contribution in [0.25, 0.3) is 0 Å². The standard InChI is InChI=1S/C12H11ClO5/c1-16-9-4-6(13)3-7-8(5-10(14)17-2)18-12(15)11(7)9/h3-4,8H,5H2,1-2H3. The van der Waals surface area contributed by atoms with E-state index in [1.165, 1.54) is 20.3 Å². The van der Waals surface area contributed by atoms with Crippen molar-refractivity contribution in [2.45, 2.75) is 12.5 Å². The number of halogens is 1. The van der Waals surface area contributed by atoms with Crippen LogP contribution >= 0.6 is 11.6 Å². The summed E-state index contributed by atoms with van der Waals surface area (Å²) in [6.45, 7) is 0. The Morgan fingerprint density at radius 2 is 2.17 bits per heavy atom. The molecule has 1 aromatic carbocycles. The van der Waals surface area contributed by atoms with Crippen LogP contribution in [-0.2, 0) is 14.3 Å². The zero-order valence-electron chi connectivity index (χ0n) is 9.86. The van der Waals surface area contributed by atoms with Crippen LogP contribution in [0.2, 0.25) is 5.02 Å². The van der Waals surface area contributed by atoms with Crippen molar-refractivity contribution >= 4 is 23.5 Å². The molecule has 6 heteroatoms. The summed E-state index contributed by atoms with van der Waals surface area (Å²) >= 11 is 5.93. The van der Waals surface area contributed by atoms with Crippen molar-refractivity contribution in [2.75, 3.05) is 14.2 Å². The van der Waals surface area contributed by atoms with Crippen LogP contribution in [0.3, 0.4) is 0 Å². The molecular weight excluding hydrogens is 260 g/mol. The lowest BCUT2D eigenvalue weighted by atomic mass is 10.0. The molecule has 0 bridgehead atoms. The Labute approximate surface area is 109 Å². The summed E-state index contributed by atoms with van der Waals surface area (Å²) in [5.41, 5.74) is 0.866. The number of carbonyl (C=O) groups excluding carboxylic acids is 2. The second-order valence-electron chi connectivity index (χ2n) is 3.75. The van der Waals surface area contributed by atoms with Gasteiger partial charge in [0.25, 0.3) is 0 Å². The molecule has 0 radical (unpaired) electrons. The summed E-state index contributed by atoms with van der Waals surface area (Å²) in [6, 6.07) is 3.13. The van der Waals surface area contributed by atoms with Crippen molar-refractivity contribution in [2.24, 2.45) is 0 Å². The molecule has 18 heavy (non-hydrogen) atoms. The summed E-state index contributed by atoms with van der Waals surface area (Å²) in [4.78, 5) is 23.0. The molecular formula is C12H11ClO5. The first-order valence-corrected chi connectivity index (χ1v) is 5.59. The minimum Gasteiger partial charge on any atom is -0.496 e. The lowest BCUT2D eigenvalue weighted by molar-refractivity contribution is -0.142. The predicted octanol–water partition coefficient (Wildman–Crippen LogP) is 2.12. The Hall–Kier alpha value is -1.75. The number of cyclic esters (lactones) is 1. The third kappa shape index (κ3) is 2.13. The molecule has 0 amide bonds. The fourth-order valence-corrected chi connectivity index (χ4v) is 2.09. The van der Waals surface area contributed by atoms with E-state index in [-0.39, 0.29) is 6.42 Å². The highest BCUT2D eigenvalue weighted by Gasteiger charge is 2.36. The number of fused-ring (bicyclic) bond motifs is 1. The summed E-state index contributed by atoms with van der Waals surface area (Å²) in [7, 11) is 2.71. The molecule has 0 spiro atoms. The van der Waals surface area contributed by atoms with Gasteiger partial charge in [0.05, 0.1) is 20.6 Å². The number of benzene rings is 1. The van der Waals surface area contributed by atoms with Gasteiger partial charge in [-0.15, -0.1) is 0 Å². The van der Waals surface area contributed by atoms with Gasteiger partial charge in [0, 0.05) is 10.6 Å². The van der Waals surface area contributed by atoms with Gasteiger partial charge in [0.2, 0.25) is 0 Å². The van der Waals surface area contributed by atoms with Gasteiger partial charge in [-0.3, -0.25) is 4.79 Å². The van der Waals surface area contributed by atoms with E-state index < -0.39 is 18.0 Å². The number of hydrogen-bond acceptors (Lipinski definition) is 5. The largest absolute Gasteiger partial charge is 0.496 e. The van der Waals surface area contributed by atoms with E-state index >= 15 is 0 Å². The van der Waals surface area contributed by atoms with Crippen LogP contribution in [0.15, 0.2) is 12.1 Å². The van der Waals surface area contributed by atoms with Gasteiger partial charge >= 0.3 is 11.9 Å². The molecule has 2 rings (SSSR count). The summed E-state index contributed by atoms with van der Waals surface area (Å²) in [5.74, 6) is -0.637. The topological polar surface area (TPSA) is 61.8 Å². The number of methoxy groups -OCH3 is 2. The van der Waals surface area contributed by atoms with Crippen molar-refractivity contribution in [1.29, 1.82) is 0 Å². The van der Waals surface area contributed by atoms with Crippen molar-refractivity contribution in [3.8, 4) is 5.75 Å². The molecule has 1 unspecified atom stereocenters. The molecule has 1 aliphatic heterocycles. The Bertz CT molecular complexity index is 511. The maximum absolute atomic E-state index is 11.7. The van der Waals surface area contributed by atoms with Crippen LogP contribution in [0.5, 0.6) is 5.75 Å². The second-order valence-corrected chi connectivity index (χ2v) is 4.18. The predicted molar refractivity (Wildman–Crippen MR) is 62.8 cm³/mol. The normalized spacial score (nSPS) is 17.1. The van der Waals surface area contributed by atoms with Crippen molar-refractivity contribution in [3.63, 3.8) is 0 Å². The third-order valence-electron chi connectivity index (χ3n) is 2.70. The van der Waals surface area contributed by atoms with Gasteiger partial charge in [-0.05, 0) is 12.1 Å². The zero-order valence-corrected chi connectivity index (χ0v) is 10.6. The smallest absolute Gasteiger partial charge is 0.342 e. The monoisotopic (exact) mass is 270 g/mol. The Balaban J connectivity index is 2.42. The molecule has 5 nitrogen and oxygen atoms in total. The van der Waals surface area contributed by atoms with Crippen LogP contribution in [0.4, 0.5) is 0 Å². The van der Waals surface area contributed by atoms with Crippen molar-refractivity contribution in [1.82, 2.24) is 0 Å². The Morgan fingerprint density at radius 1 is 1.44 bits per heavy atom. The van der Waals surface area contributed by atoms with Gasteiger partial charge in [-0.25, -0.2) is 4.79 Å². The molecule has 0 N–H and O–H groups in total. The molecule has 0 aromatic heterocycles. The zero-order chi connectivity index (χ0) is 13.3. The molecule has 1 atom stereocenters. The van der Waals surface area contributed by atoms with E-state index in [0.29, 0.717) is 21.9 Å². The van der Waals surface area contributed by atoms with E-state index in [1.807, 2.05) is 0 Å². The average Bonchev–Trinajstić information content (AvgIpc) is 2.65. The van der Waals surface area contributed by atoms with E-state index in [4.69, 9.17) is 21.1 Å². The first-order chi connectivity index (χ1) is 8.56. The first kappa shape index (κ1) is 12.7. The number of carbonyl (C=O) groups is 2. The van der Waals surface area contributed by atoms with Gasteiger partial charge in [-0.1, -0.05) is 11.6 Å². The highest BCUT2D eigenvalue weighted by atomic mass is 35.5. The van der Waals surface area contributed by atoms with Gasteiger partial charge < -0.3 is 14.2 Å². The molecule has 1 heterocycles. The van der Waals surface area contributed by atoms with Gasteiger partial charge in [-0.2, -0.15) is 0 Å².